The zero-order valence-corrected chi connectivity index (χ0v) is 16.8. The van der Waals surface area contributed by atoms with Crippen LogP contribution >= 0.6 is 0 Å². The van der Waals surface area contributed by atoms with E-state index in [4.69, 9.17) is 18.9 Å². The number of rotatable bonds is 7. The van der Waals surface area contributed by atoms with Gasteiger partial charge in [-0.3, -0.25) is 0 Å². The molecule has 2 aromatic rings. The third-order valence-corrected chi connectivity index (χ3v) is 4.96. The van der Waals surface area contributed by atoms with Crippen molar-refractivity contribution < 1.29 is 39.1 Å². The predicted octanol–water partition coefficient (Wildman–Crippen LogP) is 1.18. The molecule has 8 nitrogen and oxygen atoms in total. The van der Waals surface area contributed by atoms with Gasteiger partial charge in [0.25, 0.3) is 0 Å². The largest absolute Gasteiger partial charge is 0.489 e. The minimum Gasteiger partial charge on any atom is -0.489 e. The van der Waals surface area contributed by atoms with Crippen LogP contribution in [0, 0.1) is 6.92 Å². The van der Waals surface area contributed by atoms with Gasteiger partial charge >= 0.3 is 5.97 Å². The van der Waals surface area contributed by atoms with E-state index in [1.807, 2.05) is 30.3 Å². The molecule has 30 heavy (non-hydrogen) atoms. The molecule has 162 valence electrons. The Morgan fingerprint density at radius 3 is 2.47 bits per heavy atom. The Morgan fingerprint density at radius 2 is 1.77 bits per heavy atom. The van der Waals surface area contributed by atoms with Crippen molar-refractivity contribution in [2.75, 3.05) is 13.7 Å². The number of carbonyl (C=O) groups is 1. The monoisotopic (exact) mass is 418 g/mol. The standard InChI is InChI=1S/C22H26O8/c1-13-8-9-15(28-11-14-6-4-3-5-7-14)10-16(13)21(26)29-12-17-18(23)19(24)20(25)22(27-2)30-17/h3-10,17-20,22-25H,11-12H2,1-2H3/t17-,18-,19+,20-,22-/m1/s1. The maximum atomic E-state index is 12.6. The number of aliphatic hydroxyl groups excluding tert-OH is 3. The molecule has 0 amide bonds. The van der Waals surface area contributed by atoms with Crippen LogP contribution in [-0.4, -0.2) is 65.7 Å². The molecule has 3 rings (SSSR count). The average Bonchev–Trinajstić information content (AvgIpc) is 2.77. The molecule has 0 radical (unpaired) electrons. The summed E-state index contributed by atoms with van der Waals surface area (Å²) in [5.41, 5.74) is 2.01. The molecular formula is C22H26O8. The molecule has 2 aromatic carbocycles. The summed E-state index contributed by atoms with van der Waals surface area (Å²) < 4.78 is 21.4. The summed E-state index contributed by atoms with van der Waals surface area (Å²) in [6.07, 6.45) is -6.50. The van der Waals surface area contributed by atoms with Crippen LogP contribution in [0.4, 0.5) is 0 Å². The number of aryl methyl sites for hydroxylation is 1. The van der Waals surface area contributed by atoms with Gasteiger partial charge in [0.15, 0.2) is 6.29 Å². The summed E-state index contributed by atoms with van der Waals surface area (Å²) in [6, 6.07) is 14.8. The van der Waals surface area contributed by atoms with Crippen molar-refractivity contribution in [1.82, 2.24) is 0 Å². The Hall–Kier alpha value is -2.49. The van der Waals surface area contributed by atoms with Crippen molar-refractivity contribution in [3.8, 4) is 5.75 Å². The van der Waals surface area contributed by atoms with Crippen molar-refractivity contribution in [2.24, 2.45) is 0 Å². The highest BCUT2D eigenvalue weighted by molar-refractivity contribution is 5.91. The number of aliphatic hydroxyl groups is 3. The second kappa shape index (κ2) is 10.0. The molecule has 0 aromatic heterocycles. The minimum absolute atomic E-state index is 0.315. The molecule has 3 N–H and O–H groups in total. The van der Waals surface area contributed by atoms with Crippen molar-refractivity contribution in [3.63, 3.8) is 0 Å². The molecule has 0 unspecified atom stereocenters. The highest BCUT2D eigenvalue weighted by atomic mass is 16.7. The van der Waals surface area contributed by atoms with Crippen molar-refractivity contribution in [1.29, 1.82) is 0 Å². The molecule has 8 heteroatoms. The fourth-order valence-electron chi connectivity index (χ4n) is 3.14. The summed E-state index contributed by atoms with van der Waals surface area (Å²) in [4.78, 5) is 12.6. The van der Waals surface area contributed by atoms with Crippen molar-refractivity contribution in [2.45, 2.75) is 44.2 Å². The number of hydrogen-bond donors (Lipinski definition) is 3. The van der Waals surface area contributed by atoms with Gasteiger partial charge in [-0.2, -0.15) is 0 Å². The number of carbonyl (C=O) groups excluding carboxylic acids is 1. The minimum atomic E-state index is -1.48. The molecule has 1 saturated heterocycles. The topological polar surface area (TPSA) is 115 Å². The summed E-state index contributed by atoms with van der Waals surface area (Å²) in [7, 11) is 1.30. The van der Waals surface area contributed by atoms with Gasteiger partial charge in [0.2, 0.25) is 0 Å². The molecule has 1 aliphatic heterocycles. The van der Waals surface area contributed by atoms with E-state index in [-0.39, 0.29) is 6.61 Å². The zero-order chi connectivity index (χ0) is 21.7. The van der Waals surface area contributed by atoms with Crippen LogP contribution < -0.4 is 4.74 Å². The molecule has 0 bridgehead atoms. The van der Waals surface area contributed by atoms with E-state index in [0.717, 1.165) is 5.56 Å². The number of benzene rings is 2. The van der Waals surface area contributed by atoms with E-state index in [2.05, 4.69) is 0 Å². The van der Waals surface area contributed by atoms with Gasteiger partial charge in [0, 0.05) is 7.11 Å². The highest BCUT2D eigenvalue weighted by Crippen LogP contribution is 2.23. The van der Waals surface area contributed by atoms with Gasteiger partial charge in [0.05, 0.1) is 5.56 Å². The Bertz CT molecular complexity index is 838. The maximum Gasteiger partial charge on any atom is 0.338 e. The van der Waals surface area contributed by atoms with Gasteiger partial charge < -0.3 is 34.3 Å². The lowest BCUT2D eigenvalue weighted by molar-refractivity contribution is -0.294. The SMILES string of the molecule is CO[C@@H]1O[C@H](COC(=O)c2cc(OCc3ccccc3)ccc2C)[C@@H](O)[C@H](O)[C@H]1O. The van der Waals surface area contributed by atoms with Gasteiger partial charge in [-0.1, -0.05) is 36.4 Å². The third-order valence-electron chi connectivity index (χ3n) is 4.96. The first-order valence-electron chi connectivity index (χ1n) is 9.57. The van der Waals surface area contributed by atoms with Gasteiger partial charge in [-0.15, -0.1) is 0 Å². The predicted molar refractivity (Wildman–Crippen MR) is 106 cm³/mol. The average molecular weight is 418 g/mol. The first kappa shape index (κ1) is 22.2. The lowest BCUT2D eigenvalue weighted by atomic mass is 9.99. The molecule has 0 aliphatic carbocycles. The van der Waals surface area contributed by atoms with E-state index < -0.39 is 36.7 Å². The number of ether oxygens (including phenoxy) is 4. The number of hydrogen-bond acceptors (Lipinski definition) is 8. The normalized spacial score (nSPS) is 26.2. The van der Waals surface area contributed by atoms with Crippen molar-refractivity contribution >= 4 is 5.97 Å². The van der Waals surface area contributed by atoms with Crippen LogP contribution in [0.25, 0.3) is 0 Å². The summed E-state index contributed by atoms with van der Waals surface area (Å²) >= 11 is 0. The molecule has 1 heterocycles. The van der Waals surface area contributed by atoms with E-state index in [1.165, 1.54) is 7.11 Å². The van der Waals surface area contributed by atoms with E-state index in [9.17, 15) is 20.1 Å². The summed E-state index contributed by atoms with van der Waals surface area (Å²) in [6.45, 7) is 1.81. The first-order valence-corrected chi connectivity index (χ1v) is 9.57. The lowest BCUT2D eigenvalue weighted by Gasteiger charge is -2.39. The molecule has 1 fully saturated rings. The smallest absolute Gasteiger partial charge is 0.338 e. The third kappa shape index (κ3) is 5.16. The second-order valence-corrected chi connectivity index (χ2v) is 7.10. The fourth-order valence-corrected chi connectivity index (χ4v) is 3.14. The molecule has 0 saturated carbocycles. The van der Waals surface area contributed by atoms with Crippen molar-refractivity contribution in [3.05, 3.63) is 65.2 Å². The molecule has 1 aliphatic rings. The summed E-state index contributed by atoms with van der Waals surface area (Å²) in [5, 5.41) is 29.8. The van der Waals surface area contributed by atoms with Gasteiger partial charge in [-0.05, 0) is 30.2 Å². The first-order chi connectivity index (χ1) is 14.4. The van der Waals surface area contributed by atoms with E-state index in [0.29, 0.717) is 23.5 Å². The van der Waals surface area contributed by atoms with Crippen LogP contribution in [0.1, 0.15) is 21.5 Å². The fraction of sp³-hybridized carbons (Fsp3) is 0.409. The van der Waals surface area contributed by atoms with Gasteiger partial charge in [0.1, 0.15) is 43.4 Å². The Labute approximate surface area is 174 Å². The Morgan fingerprint density at radius 1 is 1.03 bits per heavy atom. The van der Waals surface area contributed by atoms with Crippen LogP contribution in [0.15, 0.2) is 48.5 Å². The van der Waals surface area contributed by atoms with Crippen LogP contribution in [0.2, 0.25) is 0 Å². The molecule has 5 atom stereocenters. The molecule has 0 spiro atoms. The Kier molecular flexibility index (Phi) is 7.41. The number of esters is 1. The second-order valence-electron chi connectivity index (χ2n) is 7.10. The van der Waals surface area contributed by atoms with Crippen LogP contribution in [0.5, 0.6) is 5.75 Å². The number of methoxy groups -OCH3 is 1. The highest BCUT2D eigenvalue weighted by Gasteiger charge is 2.44. The van der Waals surface area contributed by atoms with Gasteiger partial charge in [-0.25, -0.2) is 4.79 Å². The quantitative estimate of drug-likeness (QED) is 0.575. The van der Waals surface area contributed by atoms with Crippen LogP contribution in [-0.2, 0) is 20.8 Å². The maximum absolute atomic E-state index is 12.6. The summed E-state index contributed by atoms with van der Waals surface area (Å²) in [5.74, 6) is -0.105. The Balaban J connectivity index is 1.62. The lowest BCUT2D eigenvalue weighted by Crippen LogP contribution is -2.59. The van der Waals surface area contributed by atoms with Crippen LogP contribution in [0.3, 0.4) is 0 Å². The zero-order valence-electron chi connectivity index (χ0n) is 16.8. The van der Waals surface area contributed by atoms with E-state index >= 15 is 0 Å². The van der Waals surface area contributed by atoms with E-state index in [1.54, 1.807) is 25.1 Å². The molecular weight excluding hydrogens is 392 g/mol.